The minimum absolute atomic E-state index is 0.000931. The van der Waals surface area contributed by atoms with E-state index >= 15 is 0 Å². The number of nitrogens with one attached hydrogen (secondary N) is 1. The normalized spacial score (nSPS) is 19.7. The fraction of sp³-hybridized carbons (Fsp3) is 0.421. The maximum absolute atomic E-state index is 12.6. The summed E-state index contributed by atoms with van der Waals surface area (Å²) < 4.78 is 5.38. The number of aromatic nitrogens is 2. The van der Waals surface area contributed by atoms with Crippen LogP contribution >= 0.6 is 11.6 Å². The number of morpholine rings is 1. The van der Waals surface area contributed by atoms with Gasteiger partial charge in [0.1, 0.15) is 0 Å². The van der Waals surface area contributed by atoms with E-state index in [1.807, 2.05) is 24.4 Å². The van der Waals surface area contributed by atoms with Crippen molar-refractivity contribution in [2.24, 2.45) is 5.92 Å². The van der Waals surface area contributed by atoms with Gasteiger partial charge in [-0.15, -0.1) is 0 Å². The van der Waals surface area contributed by atoms with E-state index in [0.29, 0.717) is 30.3 Å². The molecule has 136 valence electrons. The number of hydrogen-bond acceptors (Lipinski definition) is 5. The number of para-hydroxylation sites is 1. The van der Waals surface area contributed by atoms with Gasteiger partial charge in [-0.05, 0) is 37.0 Å². The topological polar surface area (TPSA) is 67.4 Å². The Kier molecular flexibility index (Phi) is 5.04. The highest BCUT2D eigenvalue weighted by Gasteiger charge is 2.27. The monoisotopic (exact) mass is 372 g/mol. The first-order valence-electron chi connectivity index (χ1n) is 8.93. The van der Waals surface area contributed by atoms with Crippen molar-refractivity contribution in [2.75, 3.05) is 36.5 Å². The Morgan fingerprint density at radius 1 is 1.27 bits per heavy atom. The highest BCUT2D eigenvalue weighted by atomic mass is 35.5. The molecule has 1 aliphatic carbocycles. The lowest BCUT2D eigenvalue weighted by atomic mass is 9.86. The number of halogens is 1. The van der Waals surface area contributed by atoms with Gasteiger partial charge in [-0.25, -0.2) is 9.97 Å². The van der Waals surface area contributed by atoms with Crippen LogP contribution in [0.4, 0.5) is 11.6 Å². The molecule has 1 unspecified atom stereocenters. The molecule has 0 spiro atoms. The Hall–Kier alpha value is -2.18. The van der Waals surface area contributed by atoms with E-state index in [9.17, 15) is 4.79 Å². The number of rotatable bonds is 3. The molecular formula is C19H21ClN4O2. The second-order valence-electron chi connectivity index (χ2n) is 6.65. The first-order valence-corrected chi connectivity index (χ1v) is 9.31. The molecule has 1 aromatic heterocycles. The quantitative estimate of drug-likeness (QED) is 0.897. The lowest BCUT2D eigenvalue weighted by Crippen LogP contribution is -2.38. The van der Waals surface area contributed by atoms with Crippen molar-refractivity contribution < 1.29 is 9.53 Å². The first kappa shape index (κ1) is 17.2. The van der Waals surface area contributed by atoms with Gasteiger partial charge in [0, 0.05) is 30.9 Å². The van der Waals surface area contributed by atoms with E-state index in [2.05, 4.69) is 15.2 Å². The van der Waals surface area contributed by atoms with Crippen LogP contribution in [0.1, 0.15) is 17.7 Å². The summed E-state index contributed by atoms with van der Waals surface area (Å²) in [6.07, 6.45) is 4.11. The van der Waals surface area contributed by atoms with Crippen LogP contribution in [0.25, 0.3) is 0 Å². The number of benzene rings is 1. The Morgan fingerprint density at radius 2 is 2.08 bits per heavy atom. The number of fused-ring (bicyclic) bond motifs is 1. The SMILES string of the molecule is O=C(Nc1ccccc1Cl)C1CCc2nc(N3CCOCC3)ncc2C1. The summed E-state index contributed by atoms with van der Waals surface area (Å²) in [6, 6.07) is 7.29. The van der Waals surface area contributed by atoms with Crippen molar-refractivity contribution in [3.63, 3.8) is 0 Å². The van der Waals surface area contributed by atoms with Crippen molar-refractivity contribution in [2.45, 2.75) is 19.3 Å². The average molecular weight is 373 g/mol. The van der Waals surface area contributed by atoms with E-state index in [1.165, 1.54) is 0 Å². The summed E-state index contributed by atoms with van der Waals surface area (Å²) in [6.45, 7) is 3.07. The number of carbonyl (C=O) groups is 1. The van der Waals surface area contributed by atoms with E-state index in [-0.39, 0.29) is 11.8 Å². The van der Waals surface area contributed by atoms with E-state index in [0.717, 1.165) is 43.1 Å². The molecule has 2 heterocycles. The molecule has 1 fully saturated rings. The molecule has 26 heavy (non-hydrogen) atoms. The van der Waals surface area contributed by atoms with E-state index < -0.39 is 0 Å². The number of aryl methyl sites for hydroxylation is 1. The third-order valence-corrected chi connectivity index (χ3v) is 5.26. The molecule has 1 aromatic carbocycles. The zero-order valence-corrected chi connectivity index (χ0v) is 15.2. The summed E-state index contributed by atoms with van der Waals surface area (Å²) in [5.74, 6) is 0.684. The predicted molar refractivity (Wildman–Crippen MR) is 101 cm³/mol. The molecule has 6 nitrogen and oxygen atoms in total. The van der Waals surface area contributed by atoms with E-state index in [1.54, 1.807) is 6.07 Å². The van der Waals surface area contributed by atoms with Crippen LogP contribution in [-0.4, -0.2) is 42.2 Å². The van der Waals surface area contributed by atoms with Crippen molar-refractivity contribution in [1.29, 1.82) is 0 Å². The Morgan fingerprint density at radius 3 is 2.88 bits per heavy atom. The van der Waals surface area contributed by atoms with Gasteiger partial charge in [-0.1, -0.05) is 23.7 Å². The van der Waals surface area contributed by atoms with Gasteiger partial charge in [0.2, 0.25) is 11.9 Å². The summed E-state index contributed by atoms with van der Waals surface area (Å²) in [5.41, 5.74) is 2.78. The number of amides is 1. The molecule has 2 aromatic rings. The summed E-state index contributed by atoms with van der Waals surface area (Å²) in [4.78, 5) is 24.0. The van der Waals surface area contributed by atoms with Crippen LogP contribution in [0.15, 0.2) is 30.5 Å². The number of hydrogen-bond donors (Lipinski definition) is 1. The van der Waals surface area contributed by atoms with Crippen molar-refractivity contribution in [1.82, 2.24) is 9.97 Å². The van der Waals surface area contributed by atoms with Crippen LogP contribution in [-0.2, 0) is 22.4 Å². The van der Waals surface area contributed by atoms with Crippen LogP contribution in [0.5, 0.6) is 0 Å². The van der Waals surface area contributed by atoms with Crippen molar-refractivity contribution in [3.8, 4) is 0 Å². The summed E-state index contributed by atoms with van der Waals surface area (Å²) in [7, 11) is 0. The Bertz CT molecular complexity index is 808. The fourth-order valence-electron chi connectivity index (χ4n) is 3.43. The molecule has 7 heteroatoms. The minimum Gasteiger partial charge on any atom is -0.378 e. The van der Waals surface area contributed by atoms with Crippen LogP contribution in [0.3, 0.4) is 0 Å². The smallest absolute Gasteiger partial charge is 0.227 e. The second-order valence-corrected chi connectivity index (χ2v) is 7.06. The maximum atomic E-state index is 12.6. The zero-order chi connectivity index (χ0) is 17.9. The van der Waals surface area contributed by atoms with Gasteiger partial charge >= 0.3 is 0 Å². The molecule has 1 atom stereocenters. The number of ether oxygens (including phenoxy) is 1. The minimum atomic E-state index is -0.0865. The first-order chi connectivity index (χ1) is 12.7. The zero-order valence-electron chi connectivity index (χ0n) is 14.4. The largest absolute Gasteiger partial charge is 0.378 e. The van der Waals surface area contributed by atoms with Gasteiger partial charge in [0.25, 0.3) is 0 Å². The van der Waals surface area contributed by atoms with Gasteiger partial charge in [0.05, 0.1) is 23.9 Å². The van der Waals surface area contributed by atoms with Gasteiger partial charge in [-0.3, -0.25) is 4.79 Å². The maximum Gasteiger partial charge on any atom is 0.227 e. The van der Waals surface area contributed by atoms with Crippen LogP contribution in [0, 0.1) is 5.92 Å². The molecule has 4 rings (SSSR count). The van der Waals surface area contributed by atoms with E-state index in [4.69, 9.17) is 21.3 Å². The molecule has 0 bridgehead atoms. The number of carbonyl (C=O) groups excluding carboxylic acids is 1. The highest BCUT2D eigenvalue weighted by molar-refractivity contribution is 6.33. The molecule has 1 N–H and O–H groups in total. The van der Waals surface area contributed by atoms with Crippen molar-refractivity contribution in [3.05, 3.63) is 46.7 Å². The molecule has 2 aliphatic rings. The highest BCUT2D eigenvalue weighted by Crippen LogP contribution is 2.28. The molecule has 0 saturated carbocycles. The third-order valence-electron chi connectivity index (χ3n) is 4.93. The lowest BCUT2D eigenvalue weighted by molar-refractivity contribution is -0.120. The Labute approximate surface area is 157 Å². The summed E-state index contributed by atoms with van der Waals surface area (Å²) in [5, 5.41) is 3.49. The predicted octanol–water partition coefficient (Wildman–Crippen LogP) is 2.71. The average Bonchev–Trinajstić information content (AvgIpc) is 2.69. The number of nitrogens with zero attached hydrogens (tertiary/aromatic N) is 3. The van der Waals surface area contributed by atoms with Gasteiger partial charge in [-0.2, -0.15) is 0 Å². The van der Waals surface area contributed by atoms with Crippen LogP contribution in [0.2, 0.25) is 5.02 Å². The van der Waals surface area contributed by atoms with Gasteiger partial charge in [0.15, 0.2) is 0 Å². The molecule has 1 saturated heterocycles. The number of anilines is 2. The van der Waals surface area contributed by atoms with Crippen LogP contribution < -0.4 is 10.2 Å². The molecule has 1 amide bonds. The molecule has 0 radical (unpaired) electrons. The molecular weight excluding hydrogens is 352 g/mol. The lowest BCUT2D eigenvalue weighted by Gasteiger charge is -2.28. The summed E-state index contributed by atoms with van der Waals surface area (Å²) >= 11 is 6.13. The third kappa shape index (κ3) is 3.66. The van der Waals surface area contributed by atoms with Gasteiger partial charge < -0.3 is 15.0 Å². The Balaban J connectivity index is 1.44. The van der Waals surface area contributed by atoms with Crippen molar-refractivity contribution >= 4 is 29.1 Å². The second kappa shape index (κ2) is 7.60. The standard InChI is InChI=1S/C19H21ClN4O2/c20-15-3-1-2-4-17(15)22-18(25)13-5-6-16-14(11-13)12-21-19(23-16)24-7-9-26-10-8-24/h1-4,12-13H,5-11H2,(H,22,25). The fourth-order valence-corrected chi connectivity index (χ4v) is 3.62. The molecule has 1 aliphatic heterocycles.